The molecule has 1 rings (SSSR count). The first-order chi connectivity index (χ1) is 9.34. The van der Waals surface area contributed by atoms with Gasteiger partial charge in [0, 0.05) is 20.1 Å². The number of carbonyl (C=O) groups excluding carboxylic acids is 1. The third-order valence-electron chi connectivity index (χ3n) is 3.03. The van der Waals surface area contributed by atoms with Gasteiger partial charge in [-0.25, -0.2) is 8.42 Å². The van der Waals surface area contributed by atoms with Gasteiger partial charge in [-0.3, -0.25) is 4.79 Å². The van der Waals surface area contributed by atoms with Crippen LogP contribution in [0, 0.1) is 0 Å². The normalized spacial score (nSPS) is 11.6. The smallest absolute Gasteiger partial charge is 0.246 e. The van der Waals surface area contributed by atoms with Gasteiger partial charge in [-0.15, -0.1) is 0 Å². The molecule has 0 aliphatic rings. The summed E-state index contributed by atoms with van der Waals surface area (Å²) in [5, 5.41) is 9.63. The number of carbonyl (C=O) groups is 1. The molecule has 0 heterocycles. The number of benzene rings is 1. The maximum absolute atomic E-state index is 12.3. The Morgan fingerprint density at radius 2 is 1.75 bits per heavy atom. The molecule has 1 amide bonds. The summed E-state index contributed by atoms with van der Waals surface area (Å²) in [5.41, 5.74) is 0. The number of likely N-dealkylation sites (N-methyl/N-ethyl adjacent to an activating group) is 2. The zero-order valence-electron chi connectivity index (χ0n) is 11.9. The molecule has 1 N–H and O–H groups in total. The fourth-order valence-corrected chi connectivity index (χ4v) is 2.99. The lowest BCUT2D eigenvalue weighted by Gasteiger charge is -2.23. The summed E-state index contributed by atoms with van der Waals surface area (Å²) in [6.45, 7) is 4.47. The van der Waals surface area contributed by atoms with Gasteiger partial charge in [0.2, 0.25) is 15.9 Å². The average molecular weight is 300 g/mol. The molecule has 0 aromatic heterocycles. The Hall–Kier alpha value is -1.60. The minimum atomic E-state index is -3.88. The van der Waals surface area contributed by atoms with Crippen LogP contribution in [0.4, 0.5) is 0 Å². The summed E-state index contributed by atoms with van der Waals surface area (Å²) in [6.07, 6.45) is 0. The van der Waals surface area contributed by atoms with E-state index in [1.54, 1.807) is 4.90 Å². The first-order valence-electron chi connectivity index (χ1n) is 6.36. The number of rotatable bonds is 6. The largest absolute Gasteiger partial charge is 0.507 e. The van der Waals surface area contributed by atoms with E-state index in [1.165, 1.54) is 31.3 Å². The molecule has 0 radical (unpaired) electrons. The number of sulfonamides is 1. The molecule has 0 bridgehead atoms. The highest BCUT2D eigenvalue weighted by Gasteiger charge is 2.26. The molecule has 0 saturated carbocycles. The van der Waals surface area contributed by atoms with E-state index >= 15 is 0 Å². The molecule has 0 spiro atoms. The van der Waals surface area contributed by atoms with E-state index in [4.69, 9.17) is 0 Å². The lowest BCUT2D eigenvalue weighted by molar-refractivity contribution is -0.130. The number of amides is 1. The molecular formula is C13H20N2O4S. The Morgan fingerprint density at radius 3 is 2.25 bits per heavy atom. The van der Waals surface area contributed by atoms with Gasteiger partial charge in [-0.05, 0) is 26.0 Å². The Labute approximate surface area is 119 Å². The first-order valence-corrected chi connectivity index (χ1v) is 7.80. The maximum atomic E-state index is 12.3. The van der Waals surface area contributed by atoms with Crippen LogP contribution < -0.4 is 0 Å². The van der Waals surface area contributed by atoms with Crippen LogP contribution in [-0.2, 0) is 14.8 Å². The van der Waals surface area contributed by atoms with Crippen LogP contribution in [0.3, 0.4) is 0 Å². The van der Waals surface area contributed by atoms with Gasteiger partial charge < -0.3 is 10.0 Å². The van der Waals surface area contributed by atoms with Crippen molar-refractivity contribution in [3.8, 4) is 5.75 Å². The van der Waals surface area contributed by atoms with Gasteiger partial charge in [0.15, 0.2) is 0 Å². The highest BCUT2D eigenvalue weighted by Crippen LogP contribution is 2.24. The molecule has 6 nitrogen and oxygen atoms in total. The van der Waals surface area contributed by atoms with Crippen molar-refractivity contribution >= 4 is 15.9 Å². The van der Waals surface area contributed by atoms with E-state index in [1.807, 2.05) is 13.8 Å². The van der Waals surface area contributed by atoms with Crippen molar-refractivity contribution in [3.63, 3.8) is 0 Å². The topological polar surface area (TPSA) is 77.9 Å². The second-order valence-electron chi connectivity index (χ2n) is 4.29. The molecule has 0 saturated heterocycles. The molecule has 112 valence electrons. The third kappa shape index (κ3) is 3.49. The predicted octanol–water partition coefficient (Wildman–Crippen LogP) is 0.881. The Balaban J connectivity index is 2.94. The van der Waals surface area contributed by atoms with E-state index in [9.17, 15) is 18.3 Å². The fraction of sp³-hybridized carbons (Fsp3) is 0.462. The van der Waals surface area contributed by atoms with E-state index in [0.717, 1.165) is 4.31 Å². The second kappa shape index (κ2) is 6.71. The molecular weight excluding hydrogens is 280 g/mol. The van der Waals surface area contributed by atoms with Crippen LogP contribution in [0.25, 0.3) is 0 Å². The summed E-state index contributed by atoms with van der Waals surface area (Å²) in [5.74, 6) is -0.592. The van der Waals surface area contributed by atoms with Crippen molar-refractivity contribution in [2.24, 2.45) is 0 Å². The standard InChI is InChI=1S/C13H20N2O4S/c1-4-15(5-2)13(17)10-14(3)20(18,19)12-9-7-6-8-11(12)16/h6-9,16H,4-5,10H2,1-3H3. The number of nitrogens with zero attached hydrogens (tertiary/aromatic N) is 2. The quantitative estimate of drug-likeness (QED) is 0.846. The van der Waals surface area contributed by atoms with Crippen LogP contribution in [-0.4, -0.2) is 55.3 Å². The van der Waals surface area contributed by atoms with Crippen molar-refractivity contribution < 1.29 is 18.3 Å². The number of hydrogen-bond acceptors (Lipinski definition) is 4. The SMILES string of the molecule is CCN(CC)C(=O)CN(C)S(=O)(=O)c1ccccc1O. The Morgan fingerprint density at radius 1 is 1.20 bits per heavy atom. The van der Waals surface area contributed by atoms with Crippen LogP contribution in [0.5, 0.6) is 5.75 Å². The lowest BCUT2D eigenvalue weighted by Crippen LogP contribution is -2.40. The van der Waals surface area contributed by atoms with Crippen molar-refractivity contribution in [1.82, 2.24) is 9.21 Å². The third-order valence-corrected chi connectivity index (χ3v) is 4.88. The summed E-state index contributed by atoms with van der Waals surface area (Å²) in [7, 11) is -2.56. The molecule has 1 aromatic carbocycles. The van der Waals surface area contributed by atoms with Crippen LogP contribution in [0.15, 0.2) is 29.2 Å². The van der Waals surface area contributed by atoms with Crippen LogP contribution in [0.1, 0.15) is 13.8 Å². The van der Waals surface area contributed by atoms with Gasteiger partial charge in [-0.2, -0.15) is 4.31 Å². The molecule has 0 unspecified atom stereocenters. The number of hydrogen-bond donors (Lipinski definition) is 1. The van der Waals surface area contributed by atoms with E-state index in [-0.39, 0.29) is 23.1 Å². The molecule has 0 fully saturated rings. The Kier molecular flexibility index (Phi) is 5.52. The fourth-order valence-electron chi connectivity index (χ4n) is 1.79. The van der Waals surface area contributed by atoms with Gasteiger partial charge in [0.1, 0.15) is 10.6 Å². The minimum Gasteiger partial charge on any atom is -0.507 e. The number of phenolic OH excluding ortho intramolecular Hbond substituents is 1. The van der Waals surface area contributed by atoms with Crippen molar-refractivity contribution in [3.05, 3.63) is 24.3 Å². The van der Waals surface area contributed by atoms with Gasteiger partial charge >= 0.3 is 0 Å². The summed E-state index contributed by atoms with van der Waals surface area (Å²) in [4.78, 5) is 13.3. The van der Waals surface area contributed by atoms with Crippen molar-refractivity contribution in [2.45, 2.75) is 18.7 Å². The van der Waals surface area contributed by atoms with E-state index in [2.05, 4.69) is 0 Å². The van der Waals surface area contributed by atoms with Gasteiger partial charge in [-0.1, -0.05) is 12.1 Å². The summed E-state index contributed by atoms with van der Waals surface area (Å²) in [6, 6.07) is 5.66. The molecule has 1 aromatic rings. The monoisotopic (exact) mass is 300 g/mol. The Bertz CT molecular complexity index is 567. The number of aromatic hydroxyl groups is 1. The molecule has 20 heavy (non-hydrogen) atoms. The lowest BCUT2D eigenvalue weighted by atomic mass is 10.3. The van der Waals surface area contributed by atoms with E-state index < -0.39 is 10.0 Å². The van der Waals surface area contributed by atoms with Crippen molar-refractivity contribution in [2.75, 3.05) is 26.7 Å². The zero-order chi connectivity index (χ0) is 15.3. The van der Waals surface area contributed by atoms with Crippen LogP contribution in [0.2, 0.25) is 0 Å². The molecule has 0 aliphatic heterocycles. The number of para-hydroxylation sites is 1. The second-order valence-corrected chi connectivity index (χ2v) is 6.31. The summed E-state index contributed by atoms with van der Waals surface area (Å²) < 4.78 is 25.5. The average Bonchev–Trinajstić information content (AvgIpc) is 2.40. The molecule has 0 atom stereocenters. The first kappa shape index (κ1) is 16.5. The molecule has 0 aliphatic carbocycles. The van der Waals surface area contributed by atoms with Gasteiger partial charge in [0.25, 0.3) is 0 Å². The highest BCUT2D eigenvalue weighted by atomic mass is 32.2. The van der Waals surface area contributed by atoms with Crippen molar-refractivity contribution in [1.29, 1.82) is 0 Å². The molecule has 7 heteroatoms. The van der Waals surface area contributed by atoms with Gasteiger partial charge in [0.05, 0.1) is 6.54 Å². The van der Waals surface area contributed by atoms with Crippen LogP contribution >= 0.6 is 0 Å². The van der Waals surface area contributed by atoms with E-state index in [0.29, 0.717) is 13.1 Å². The summed E-state index contributed by atoms with van der Waals surface area (Å²) >= 11 is 0. The predicted molar refractivity (Wildman–Crippen MR) is 75.9 cm³/mol. The minimum absolute atomic E-state index is 0.199. The maximum Gasteiger partial charge on any atom is 0.246 e. The highest BCUT2D eigenvalue weighted by molar-refractivity contribution is 7.89. The number of phenols is 1. The zero-order valence-corrected chi connectivity index (χ0v) is 12.7.